The van der Waals surface area contributed by atoms with Crippen LogP contribution in [0.15, 0.2) is 192 Å². The van der Waals surface area contributed by atoms with Gasteiger partial charge in [-0.05, 0) is 110 Å². The van der Waals surface area contributed by atoms with Crippen molar-refractivity contribution in [2.45, 2.75) is 5.41 Å². The molecule has 0 radical (unpaired) electrons. The summed E-state index contributed by atoms with van der Waals surface area (Å²) in [6.45, 7) is 0. The van der Waals surface area contributed by atoms with Crippen LogP contribution in [0.2, 0.25) is 0 Å². The van der Waals surface area contributed by atoms with Gasteiger partial charge in [-0.25, -0.2) is 0 Å². The Labute approximate surface area is 296 Å². The highest BCUT2D eigenvalue weighted by Gasteiger charge is 2.50. The summed E-state index contributed by atoms with van der Waals surface area (Å²) in [4.78, 5) is 2.36. The summed E-state index contributed by atoms with van der Waals surface area (Å²) in [5.74, 6) is 0. The molecule has 8 aromatic carbocycles. The number of hydrogen-bond donors (Lipinski definition) is 0. The summed E-state index contributed by atoms with van der Waals surface area (Å²) in [6.07, 6.45) is 0. The molecule has 2 heteroatoms. The van der Waals surface area contributed by atoms with Crippen molar-refractivity contribution in [3.63, 3.8) is 0 Å². The monoisotopic (exact) mass is 649 g/mol. The average Bonchev–Trinajstić information content (AvgIpc) is 3.67. The Morgan fingerprint density at radius 3 is 1.51 bits per heavy atom. The van der Waals surface area contributed by atoms with Gasteiger partial charge in [0, 0.05) is 27.8 Å². The Morgan fingerprint density at radius 1 is 0.314 bits per heavy atom. The van der Waals surface area contributed by atoms with Gasteiger partial charge in [-0.2, -0.15) is 0 Å². The van der Waals surface area contributed by atoms with Gasteiger partial charge in [0.25, 0.3) is 0 Å². The molecule has 0 bridgehead atoms. The summed E-state index contributed by atoms with van der Waals surface area (Å²) in [6, 6.07) is 68.6. The van der Waals surface area contributed by atoms with Gasteiger partial charge >= 0.3 is 0 Å². The summed E-state index contributed by atoms with van der Waals surface area (Å²) >= 11 is 0. The zero-order valence-corrected chi connectivity index (χ0v) is 27.8. The number of para-hydroxylation sites is 3. The molecule has 0 aliphatic heterocycles. The zero-order chi connectivity index (χ0) is 33.5. The zero-order valence-electron chi connectivity index (χ0n) is 27.8. The van der Waals surface area contributed by atoms with E-state index in [1.54, 1.807) is 0 Å². The maximum absolute atomic E-state index is 6.62. The molecule has 1 spiro atoms. The Kier molecular flexibility index (Phi) is 5.91. The molecule has 2 aliphatic rings. The summed E-state index contributed by atoms with van der Waals surface area (Å²) < 4.78 is 6.62. The SMILES string of the molecule is c1ccc(N(c2ccccc2)c2ccc3c(c2)-c2ccccc2-c2ccccc2C32c3ccccc3-c3cc4c(cc32)oc2ccccc24)cc1. The maximum atomic E-state index is 6.62. The standard InChI is InChI=1S/C49H31NO/c1-3-15-32(16-4-1)50(33-17-5-2-6-18-33)34-27-28-45-40(29-34)36-20-8-7-19-35(36)37-21-9-12-24-43(37)49(45)44-25-13-10-22-38(44)41-30-42-39-23-11-14-26-47(39)51-48(42)31-46(41)49/h1-31H. The first-order valence-corrected chi connectivity index (χ1v) is 17.6. The van der Waals surface area contributed by atoms with Gasteiger partial charge in [0.1, 0.15) is 11.2 Å². The van der Waals surface area contributed by atoms with Gasteiger partial charge < -0.3 is 9.32 Å². The van der Waals surface area contributed by atoms with Crippen LogP contribution in [0.1, 0.15) is 22.3 Å². The number of furan rings is 1. The molecule has 0 saturated carbocycles. The van der Waals surface area contributed by atoms with E-state index in [4.69, 9.17) is 4.42 Å². The lowest BCUT2D eigenvalue weighted by molar-refractivity contribution is 0.666. The second-order valence-corrected chi connectivity index (χ2v) is 13.6. The van der Waals surface area contributed by atoms with Crippen LogP contribution in [-0.2, 0) is 5.41 Å². The van der Waals surface area contributed by atoms with Crippen LogP contribution in [0.4, 0.5) is 17.1 Å². The molecule has 1 heterocycles. The van der Waals surface area contributed by atoms with Crippen LogP contribution >= 0.6 is 0 Å². The lowest BCUT2D eigenvalue weighted by Gasteiger charge is -2.36. The molecule has 0 saturated heterocycles. The number of rotatable bonds is 3. The fraction of sp³-hybridized carbons (Fsp3) is 0.0204. The van der Waals surface area contributed by atoms with Crippen molar-refractivity contribution in [3.8, 4) is 33.4 Å². The lowest BCUT2D eigenvalue weighted by atomic mass is 9.66. The van der Waals surface area contributed by atoms with Crippen LogP contribution in [0, 0.1) is 0 Å². The highest BCUT2D eigenvalue weighted by molar-refractivity contribution is 6.09. The fourth-order valence-corrected chi connectivity index (χ4v) is 9.04. The predicted octanol–water partition coefficient (Wildman–Crippen LogP) is 13.1. The highest BCUT2D eigenvalue weighted by Crippen LogP contribution is 2.62. The van der Waals surface area contributed by atoms with Gasteiger partial charge in [0.05, 0.1) is 5.41 Å². The van der Waals surface area contributed by atoms with E-state index in [9.17, 15) is 0 Å². The van der Waals surface area contributed by atoms with Crippen LogP contribution in [-0.4, -0.2) is 0 Å². The van der Waals surface area contributed by atoms with Gasteiger partial charge in [0.2, 0.25) is 0 Å². The largest absolute Gasteiger partial charge is 0.456 e. The summed E-state index contributed by atoms with van der Waals surface area (Å²) in [5, 5.41) is 2.30. The van der Waals surface area contributed by atoms with E-state index < -0.39 is 5.41 Å². The van der Waals surface area contributed by atoms with Crippen molar-refractivity contribution >= 4 is 39.0 Å². The molecule has 1 unspecified atom stereocenters. The summed E-state index contributed by atoms with van der Waals surface area (Å²) in [5.41, 5.74) is 17.2. The molecule has 0 fully saturated rings. The number of benzene rings is 8. The van der Waals surface area contributed by atoms with Gasteiger partial charge in [0.15, 0.2) is 0 Å². The van der Waals surface area contributed by atoms with E-state index in [0.29, 0.717) is 0 Å². The summed E-state index contributed by atoms with van der Waals surface area (Å²) in [7, 11) is 0. The highest BCUT2D eigenvalue weighted by atomic mass is 16.3. The van der Waals surface area contributed by atoms with Crippen LogP contribution < -0.4 is 4.90 Å². The van der Waals surface area contributed by atoms with E-state index in [1.807, 2.05) is 0 Å². The average molecular weight is 650 g/mol. The quantitative estimate of drug-likeness (QED) is 0.189. The van der Waals surface area contributed by atoms with Crippen molar-refractivity contribution in [2.75, 3.05) is 4.90 Å². The molecule has 238 valence electrons. The molecular weight excluding hydrogens is 619 g/mol. The molecule has 2 aliphatic carbocycles. The van der Waals surface area contributed by atoms with Crippen LogP contribution in [0.25, 0.3) is 55.3 Å². The van der Waals surface area contributed by atoms with Crippen LogP contribution in [0.5, 0.6) is 0 Å². The Bertz CT molecular complexity index is 2770. The topological polar surface area (TPSA) is 16.4 Å². The van der Waals surface area contributed by atoms with Crippen molar-refractivity contribution in [2.24, 2.45) is 0 Å². The van der Waals surface area contributed by atoms with Crippen molar-refractivity contribution in [3.05, 3.63) is 210 Å². The second-order valence-electron chi connectivity index (χ2n) is 13.6. The van der Waals surface area contributed by atoms with Gasteiger partial charge in [-0.1, -0.05) is 133 Å². The minimum Gasteiger partial charge on any atom is -0.456 e. The number of hydrogen-bond acceptors (Lipinski definition) is 2. The lowest BCUT2D eigenvalue weighted by Crippen LogP contribution is -2.29. The van der Waals surface area contributed by atoms with E-state index in [1.165, 1.54) is 55.6 Å². The third-order valence-corrected chi connectivity index (χ3v) is 11.1. The van der Waals surface area contributed by atoms with Crippen LogP contribution in [0.3, 0.4) is 0 Å². The third-order valence-electron chi connectivity index (χ3n) is 11.1. The molecule has 0 amide bonds. The smallest absolute Gasteiger partial charge is 0.135 e. The maximum Gasteiger partial charge on any atom is 0.135 e. The first-order chi connectivity index (χ1) is 25.3. The molecule has 0 N–H and O–H groups in total. The minimum absolute atomic E-state index is 0.590. The Morgan fingerprint density at radius 2 is 0.824 bits per heavy atom. The fourth-order valence-electron chi connectivity index (χ4n) is 9.04. The molecule has 51 heavy (non-hydrogen) atoms. The first-order valence-electron chi connectivity index (χ1n) is 17.6. The van der Waals surface area contributed by atoms with Crippen molar-refractivity contribution in [1.82, 2.24) is 0 Å². The predicted molar refractivity (Wildman–Crippen MR) is 210 cm³/mol. The molecular formula is C49H31NO. The molecule has 9 aromatic rings. The first kappa shape index (κ1) is 28.2. The molecule has 1 atom stereocenters. The number of nitrogens with zero attached hydrogens (tertiary/aromatic N) is 1. The van der Waals surface area contributed by atoms with Crippen molar-refractivity contribution < 1.29 is 4.42 Å². The minimum atomic E-state index is -0.590. The third kappa shape index (κ3) is 3.87. The van der Waals surface area contributed by atoms with Gasteiger partial charge in [-0.3, -0.25) is 0 Å². The van der Waals surface area contributed by atoms with Gasteiger partial charge in [-0.15, -0.1) is 0 Å². The Hall–Kier alpha value is -6.64. The van der Waals surface area contributed by atoms with E-state index in [2.05, 4.69) is 193 Å². The van der Waals surface area contributed by atoms with Crippen molar-refractivity contribution in [1.29, 1.82) is 0 Å². The number of anilines is 3. The van der Waals surface area contributed by atoms with E-state index in [-0.39, 0.29) is 0 Å². The molecule has 11 rings (SSSR count). The normalized spacial score (nSPS) is 15.1. The molecule has 1 aromatic heterocycles. The Balaban J connectivity index is 1.28. The molecule has 2 nitrogen and oxygen atoms in total. The van der Waals surface area contributed by atoms with E-state index in [0.717, 1.165) is 39.0 Å². The number of fused-ring (bicyclic) bond motifs is 15. The second kappa shape index (κ2) is 10.7. The van der Waals surface area contributed by atoms with E-state index >= 15 is 0 Å².